The molecule has 24 heavy (non-hydrogen) atoms. The molecule has 2 N–H and O–H groups in total. The van der Waals surface area contributed by atoms with E-state index in [0.717, 1.165) is 18.4 Å². The Labute approximate surface area is 149 Å². The van der Waals surface area contributed by atoms with Gasteiger partial charge in [-0.1, -0.05) is 70.6 Å². The van der Waals surface area contributed by atoms with Gasteiger partial charge in [0.25, 0.3) is 0 Å². The summed E-state index contributed by atoms with van der Waals surface area (Å²) in [5.41, 5.74) is 0. The minimum Gasteiger partial charge on any atom is -0.354 e. The van der Waals surface area contributed by atoms with Gasteiger partial charge in [-0.2, -0.15) is 0 Å². The third-order valence-electron chi connectivity index (χ3n) is 6.42. The maximum atomic E-state index is 5.00. The Morgan fingerprint density at radius 1 is 0.625 bits per heavy atom. The van der Waals surface area contributed by atoms with Crippen molar-refractivity contribution in [2.45, 2.75) is 115 Å². The van der Waals surface area contributed by atoms with Gasteiger partial charge < -0.3 is 10.6 Å². The lowest BCUT2D eigenvalue weighted by Crippen LogP contribution is -2.48. The lowest BCUT2D eigenvalue weighted by atomic mass is 9.87. The van der Waals surface area contributed by atoms with Gasteiger partial charge in [-0.05, 0) is 38.0 Å². The van der Waals surface area contributed by atoms with Gasteiger partial charge in [0.1, 0.15) is 0 Å². The Balaban J connectivity index is 1.49. The smallest absolute Gasteiger partial charge is 0.191 e. The summed E-state index contributed by atoms with van der Waals surface area (Å²) in [4.78, 5) is 5.00. The maximum Gasteiger partial charge on any atom is 0.191 e. The molecule has 0 spiro atoms. The van der Waals surface area contributed by atoms with Crippen LogP contribution >= 0.6 is 0 Å². The molecule has 3 fully saturated rings. The van der Waals surface area contributed by atoms with Crippen molar-refractivity contribution < 1.29 is 0 Å². The van der Waals surface area contributed by atoms with Crippen LogP contribution in [0.3, 0.4) is 0 Å². The van der Waals surface area contributed by atoms with Crippen LogP contribution in [0, 0.1) is 5.92 Å². The molecule has 0 heterocycles. The molecule has 3 rings (SSSR count). The van der Waals surface area contributed by atoms with Crippen molar-refractivity contribution in [3.8, 4) is 0 Å². The van der Waals surface area contributed by atoms with Gasteiger partial charge in [-0.15, -0.1) is 0 Å². The highest BCUT2D eigenvalue weighted by atomic mass is 15.2. The topological polar surface area (TPSA) is 36.4 Å². The van der Waals surface area contributed by atoms with E-state index >= 15 is 0 Å². The molecule has 0 atom stereocenters. The average Bonchev–Trinajstić information content (AvgIpc) is 2.64. The highest BCUT2D eigenvalue weighted by Gasteiger charge is 2.19. The Morgan fingerprint density at radius 3 is 1.58 bits per heavy atom. The maximum absolute atomic E-state index is 5.00. The average molecular weight is 334 g/mol. The SMILES string of the molecule is C1CCC(CCN=C(NC2CCCCC2)NC2CCCCC2)CC1. The van der Waals surface area contributed by atoms with E-state index in [0.29, 0.717) is 12.1 Å². The molecule has 3 nitrogen and oxygen atoms in total. The molecule has 3 aliphatic carbocycles. The summed E-state index contributed by atoms with van der Waals surface area (Å²) in [6.45, 7) is 1.01. The van der Waals surface area contributed by atoms with Crippen LogP contribution in [0.25, 0.3) is 0 Å². The molecule has 0 unspecified atom stereocenters. The van der Waals surface area contributed by atoms with Gasteiger partial charge in [0.05, 0.1) is 0 Å². The van der Waals surface area contributed by atoms with Crippen LogP contribution in [-0.4, -0.2) is 24.6 Å². The summed E-state index contributed by atoms with van der Waals surface area (Å²) >= 11 is 0. The molecule has 0 saturated heterocycles. The molecule has 0 radical (unpaired) electrons. The van der Waals surface area contributed by atoms with E-state index in [2.05, 4.69) is 10.6 Å². The third kappa shape index (κ3) is 6.29. The van der Waals surface area contributed by atoms with Crippen LogP contribution in [0.5, 0.6) is 0 Å². The Hall–Kier alpha value is -0.730. The van der Waals surface area contributed by atoms with Gasteiger partial charge in [-0.25, -0.2) is 0 Å². The Morgan fingerprint density at radius 2 is 1.08 bits per heavy atom. The number of nitrogens with one attached hydrogen (secondary N) is 2. The molecule has 0 amide bonds. The van der Waals surface area contributed by atoms with Crippen LogP contribution in [0.15, 0.2) is 4.99 Å². The van der Waals surface area contributed by atoms with Gasteiger partial charge in [0.2, 0.25) is 0 Å². The highest BCUT2D eigenvalue weighted by molar-refractivity contribution is 5.80. The summed E-state index contributed by atoms with van der Waals surface area (Å²) in [6.07, 6.45) is 22.2. The lowest BCUT2D eigenvalue weighted by molar-refractivity contribution is 0.342. The first-order valence-electron chi connectivity index (χ1n) is 11.0. The van der Waals surface area contributed by atoms with Crippen LogP contribution < -0.4 is 10.6 Å². The zero-order valence-electron chi connectivity index (χ0n) is 15.7. The quantitative estimate of drug-likeness (QED) is 0.539. The van der Waals surface area contributed by atoms with Crippen molar-refractivity contribution in [2.24, 2.45) is 10.9 Å². The molecule has 0 aliphatic heterocycles. The number of nitrogens with zero attached hydrogens (tertiary/aromatic N) is 1. The number of guanidine groups is 1. The van der Waals surface area contributed by atoms with E-state index in [4.69, 9.17) is 4.99 Å². The molecule has 138 valence electrons. The first kappa shape index (κ1) is 18.1. The van der Waals surface area contributed by atoms with Crippen molar-refractivity contribution >= 4 is 5.96 Å². The summed E-state index contributed by atoms with van der Waals surface area (Å²) < 4.78 is 0. The van der Waals surface area contributed by atoms with E-state index in [1.807, 2.05) is 0 Å². The van der Waals surface area contributed by atoms with E-state index in [1.165, 1.54) is 103 Å². The summed E-state index contributed by atoms with van der Waals surface area (Å²) in [7, 11) is 0. The Bertz CT molecular complexity index is 339. The van der Waals surface area contributed by atoms with E-state index in [9.17, 15) is 0 Å². The normalized spacial score (nSPS) is 24.5. The van der Waals surface area contributed by atoms with Crippen molar-refractivity contribution in [3.05, 3.63) is 0 Å². The fourth-order valence-corrected chi connectivity index (χ4v) is 4.85. The van der Waals surface area contributed by atoms with E-state index in [1.54, 1.807) is 0 Å². The van der Waals surface area contributed by atoms with Gasteiger partial charge in [-0.3, -0.25) is 4.99 Å². The second-order valence-electron chi connectivity index (χ2n) is 8.48. The molecule has 3 saturated carbocycles. The van der Waals surface area contributed by atoms with Crippen molar-refractivity contribution in [1.82, 2.24) is 10.6 Å². The first-order valence-corrected chi connectivity index (χ1v) is 11.0. The van der Waals surface area contributed by atoms with Crippen LogP contribution in [0.1, 0.15) is 103 Å². The molecule has 3 heteroatoms. The van der Waals surface area contributed by atoms with Crippen molar-refractivity contribution in [3.63, 3.8) is 0 Å². The molecular weight excluding hydrogens is 294 g/mol. The molecule has 0 aromatic rings. The van der Waals surface area contributed by atoms with Gasteiger partial charge in [0.15, 0.2) is 5.96 Å². The number of hydrogen-bond acceptors (Lipinski definition) is 1. The van der Waals surface area contributed by atoms with Crippen LogP contribution in [-0.2, 0) is 0 Å². The highest BCUT2D eigenvalue weighted by Crippen LogP contribution is 2.26. The molecular formula is C21H39N3. The fourth-order valence-electron chi connectivity index (χ4n) is 4.85. The van der Waals surface area contributed by atoms with Crippen molar-refractivity contribution in [1.29, 1.82) is 0 Å². The van der Waals surface area contributed by atoms with Gasteiger partial charge >= 0.3 is 0 Å². The molecule has 0 aromatic carbocycles. The standard InChI is InChI=1S/C21H39N3/c1-4-10-18(11-5-1)16-17-22-21(23-19-12-6-2-7-13-19)24-20-14-8-3-9-15-20/h18-20H,1-17H2,(H2,22,23,24). The first-order chi connectivity index (χ1) is 11.9. The van der Waals surface area contributed by atoms with E-state index < -0.39 is 0 Å². The molecule has 0 bridgehead atoms. The second kappa shape index (κ2) is 10.3. The predicted molar refractivity (Wildman–Crippen MR) is 104 cm³/mol. The van der Waals surface area contributed by atoms with Crippen LogP contribution in [0.4, 0.5) is 0 Å². The summed E-state index contributed by atoms with van der Waals surface area (Å²) in [5.74, 6) is 2.07. The van der Waals surface area contributed by atoms with Crippen LogP contribution in [0.2, 0.25) is 0 Å². The second-order valence-corrected chi connectivity index (χ2v) is 8.48. The summed E-state index contributed by atoms with van der Waals surface area (Å²) in [6, 6.07) is 1.31. The third-order valence-corrected chi connectivity index (χ3v) is 6.42. The number of rotatable bonds is 5. The zero-order chi connectivity index (χ0) is 16.5. The molecule has 3 aliphatic rings. The monoisotopic (exact) mass is 333 g/mol. The largest absolute Gasteiger partial charge is 0.354 e. The molecule has 0 aromatic heterocycles. The van der Waals surface area contributed by atoms with E-state index in [-0.39, 0.29) is 0 Å². The Kier molecular flexibility index (Phi) is 7.76. The predicted octanol–water partition coefficient (Wildman–Crippen LogP) is 5.16. The summed E-state index contributed by atoms with van der Waals surface area (Å²) in [5, 5.41) is 7.56. The van der Waals surface area contributed by atoms with Gasteiger partial charge in [0, 0.05) is 18.6 Å². The minimum atomic E-state index is 0.656. The number of aliphatic imine (C=N–C) groups is 1. The lowest BCUT2D eigenvalue weighted by Gasteiger charge is -2.29. The number of hydrogen-bond donors (Lipinski definition) is 2. The zero-order valence-corrected chi connectivity index (χ0v) is 15.7. The minimum absolute atomic E-state index is 0.656. The fraction of sp³-hybridized carbons (Fsp3) is 0.952. The van der Waals surface area contributed by atoms with Crippen molar-refractivity contribution in [2.75, 3.05) is 6.54 Å².